The molecule has 8 nitrogen and oxygen atoms in total. The van der Waals surface area contributed by atoms with Gasteiger partial charge in [0.15, 0.2) is 11.3 Å². The minimum absolute atomic E-state index is 0.250. The second kappa shape index (κ2) is 13.9. The fraction of sp³-hybridized carbons (Fsp3) is 0.400. The second-order valence-corrected chi connectivity index (χ2v) is 17.0. The number of hydrogen-bond donors (Lipinski definition) is 0. The molecule has 5 heterocycles. The third-order valence-corrected chi connectivity index (χ3v) is 13.5. The van der Waals surface area contributed by atoms with Gasteiger partial charge in [0.25, 0.3) is 0 Å². The van der Waals surface area contributed by atoms with Crippen LogP contribution in [-0.2, 0) is 21.2 Å². The molecule has 5 aliphatic rings. The molecule has 0 N–H and O–H groups in total. The Morgan fingerprint density at radius 3 is 1.83 bits per heavy atom. The predicted molar refractivity (Wildman–Crippen MR) is 227 cm³/mol. The first-order valence-electron chi connectivity index (χ1n) is 21.4. The first kappa shape index (κ1) is 36.9. The van der Waals surface area contributed by atoms with Crippen molar-refractivity contribution in [1.29, 1.82) is 0 Å². The lowest BCUT2D eigenvalue weighted by atomic mass is 9.71. The number of aryl methyl sites for hydroxylation is 2. The van der Waals surface area contributed by atoms with Crippen molar-refractivity contribution in [3.63, 3.8) is 0 Å². The molecule has 1 aromatic heterocycles. The lowest BCUT2D eigenvalue weighted by Crippen LogP contribution is -2.31. The van der Waals surface area contributed by atoms with E-state index in [9.17, 15) is 4.79 Å². The highest BCUT2D eigenvalue weighted by Crippen LogP contribution is 2.82. The molecule has 5 aromatic rings. The van der Waals surface area contributed by atoms with Crippen LogP contribution in [0.1, 0.15) is 119 Å². The standard InChI is InChI=1S/C50H52N4O4/c1-6-28-56-38-18-12-34(13-19-38)48(5,36-16-22-40(32(3)30-36)53-24-8-9-25-53)45-42-44-49(35-14-20-39(21-15-35)57-29-7-2,50(44)46(51-42)43(52-45)47(55)58-50)37-17-23-41(33(4)31-37)54-26-10-11-27-54/h5,12-23,30-31,44H,6-11,24-29H2,1-4H3. The van der Waals surface area contributed by atoms with Crippen molar-refractivity contribution in [3.05, 3.63) is 148 Å². The van der Waals surface area contributed by atoms with Crippen LogP contribution >= 0.6 is 0 Å². The molecule has 58 heavy (non-hydrogen) atoms. The predicted octanol–water partition coefficient (Wildman–Crippen LogP) is 9.38. The van der Waals surface area contributed by atoms with Crippen molar-refractivity contribution < 1.29 is 19.0 Å². The molecule has 1 saturated carbocycles. The zero-order valence-corrected chi connectivity index (χ0v) is 34.1. The SMILES string of the molecule is [CH]C(c1ccc(OCCC)cc1)(c1ccc(N2CCCC2)c(C)c1)c1nc2c3nc1C1C3(OC2=O)C1(c1ccc(OCCC)cc1)c1ccc(N2CCCC2)c(C)c1. The highest BCUT2D eigenvalue weighted by atomic mass is 16.6. The molecular weight excluding hydrogens is 721 g/mol. The summed E-state index contributed by atoms with van der Waals surface area (Å²) in [7, 11) is 0. The summed E-state index contributed by atoms with van der Waals surface area (Å²) in [5.74, 6) is 0.788. The molecule has 10 rings (SSSR count). The van der Waals surface area contributed by atoms with Gasteiger partial charge in [0, 0.05) is 37.6 Å². The minimum atomic E-state index is -1.26. The average molecular weight is 773 g/mol. The number of esters is 1. The maximum Gasteiger partial charge on any atom is 0.360 e. The largest absolute Gasteiger partial charge is 0.494 e. The van der Waals surface area contributed by atoms with E-state index in [2.05, 4.69) is 86.0 Å². The van der Waals surface area contributed by atoms with Crippen molar-refractivity contribution in [3.8, 4) is 11.5 Å². The number of carbonyl (C=O) groups is 1. The van der Waals surface area contributed by atoms with Crippen molar-refractivity contribution in [2.75, 3.05) is 49.2 Å². The number of ether oxygens (including phenoxy) is 3. The number of rotatable bonds is 13. The fourth-order valence-electron chi connectivity index (χ4n) is 10.8. The van der Waals surface area contributed by atoms with E-state index in [1.165, 1.54) is 42.6 Å². The van der Waals surface area contributed by atoms with Crippen LogP contribution in [0.15, 0.2) is 84.9 Å². The summed E-state index contributed by atoms with van der Waals surface area (Å²) in [6.45, 7) is 22.0. The third-order valence-electron chi connectivity index (χ3n) is 13.5. The normalized spacial score (nSPS) is 23.5. The van der Waals surface area contributed by atoms with E-state index >= 15 is 0 Å². The summed E-state index contributed by atoms with van der Waals surface area (Å²) < 4.78 is 18.7. The molecule has 296 valence electrons. The molecule has 0 amide bonds. The van der Waals surface area contributed by atoms with Crippen LogP contribution in [0.5, 0.6) is 11.5 Å². The van der Waals surface area contributed by atoms with Gasteiger partial charge in [0.2, 0.25) is 0 Å². The van der Waals surface area contributed by atoms with Gasteiger partial charge < -0.3 is 24.0 Å². The van der Waals surface area contributed by atoms with E-state index in [0.29, 0.717) is 24.6 Å². The van der Waals surface area contributed by atoms with Crippen LogP contribution in [0, 0.1) is 20.8 Å². The lowest BCUT2D eigenvalue weighted by Gasteiger charge is -2.33. The monoisotopic (exact) mass is 772 g/mol. The van der Waals surface area contributed by atoms with Crippen LogP contribution in [0.25, 0.3) is 0 Å². The Bertz CT molecular complexity index is 2400. The van der Waals surface area contributed by atoms with Gasteiger partial charge in [-0.3, -0.25) is 0 Å². The van der Waals surface area contributed by atoms with Crippen LogP contribution in [-0.4, -0.2) is 55.3 Å². The average Bonchev–Trinajstić information content (AvgIpc) is 3.88. The van der Waals surface area contributed by atoms with Crippen molar-refractivity contribution in [2.24, 2.45) is 0 Å². The van der Waals surface area contributed by atoms with Crippen LogP contribution in [0.2, 0.25) is 0 Å². The molecule has 8 heteroatoms. The number of fused-ring (bicyclic) bond motifs is 2. The molecule has 3 fully saturated rings. The Hall–Kier alpha value is -5.37. The Kier molecular flexibility index (Phi) is 8.84. The molecule has 2 saturated heterocycles. The summed E-state index contributed by atoms with van der Waals surface area (Å²) in [6.07, 6.45) is 6.62. The number of benzene rings is 4. The quantitative estimate of drug-likeness (QED) is 0.110. The number of hydrogen-bond acceptors (Lipinski definition) is 8. The van der Waals surface area contributed by atoms with Gasteiger partial charge in [-0.1, -0.05) is 62.4 Å². The van der Waals surface area contributed by atoms with Gasteiger partial charge in [-0.25, -0.2) is 14.8 Å². The van der Waals surface area contributed by atoms with Crippen molar-refractivity contribution in [1.82, 2.24) is 9.97 Å². The van der Waals surface area contributed by atoms with E-state index < -0.39 is 22.4 Å². The lowest BCUT2D eigenvalue weighted by molar-refractivity contribution is 0.0248. The minimum Gasteiger partial charge on any atom is -0.494 e. The Morgan fingerprint density at radius 2 is 1.26 bits per heavy atom. The zero-order valence-electron chi connectivity index (χ0n) is 34.1. The second-order valence-electron chi connectivity index (χ2n) is 17.0. The molecule has 2 radical (unpaired) electrons. The molecular formula is C50H52N4O4. The Balaban J connectivity index is 1.17. The van der Waals surface area contributed by atoms with E-state index in [1.807, 2.05) is 36.4 Å². The summed E-state index contributed by atoms with van der Waals surface area (Å²) in [4.78, 5) is 29.8. The first-order chi connectivity index (χ1) is 28.2. The number of anilines is 2. The smallest absolute Gasteiger partial charge is 0.360 e. The van der Waals surface area contributed by atoms with Crippen LogP contribution in [0.4, 0.5) is 11.4 Å². The van der Waals surface area contributed by atoms with E-state index in [1.54, 1.807) is 0 Å². The number of nitrogens with zero attached hydrogens (tertiary/aromatic N) is 4. The van der Waals surface area contributed by atoms with Crippen LogP contribution < -0.4 is 19.3 Å². The number of aromatic nitrogens is 2. The van der Waals surface area contributed by atoms with Gasteiger partial charge in [-0.15, -0.1) is 0 Å². The zero-order chi connectivity index (χ0) is 39.8. The summed E-state index contributed by atoms with van der Waals surface area (Å²) in [5.41, 5.74) is 7.84. The molecule has 2 bridgehead atoms. The Morgan fingerprint density at radius 1 is 0.724 bits per heavy atom. The van der Waals surface area contributed by atoms with Gasteiger partial charge in [-0.05, 0) is 129 Å². The Labute approximate surface area is 342 Å². The van der Waals surface area contributed by atoms with Gasteiger partial charge in [-0.2, -0.15) is 0 Å². The highest BCUT2D eigenvalue weighted by molar-refractivity contribution is 5.96. The third kappa shape index (κ3) is 5.22. The van der Waals surface area contributed by atoms with Crippen LogP contribution in [0.3, 0.4) is 0 Å². The van der Waals surface area contributed by atoms with Crippen molar-refractivity contribution in [2.45, 2.75) is 88.6 Å². The topological polar surface area (TPSA) is 77.0 Å². The molecule has 1 spiro atoms. The van der Waals surface area contributed by atoms with Gasteiger partial charge in [0.1, 0.15) is 17.2 Å². The first-order valence-corrected chi connectivity index (χ1v) is 21.4. The number of carbonyl (C=O) groups excluding carboxylic acids is 1. The van der Waals surface area contributed by atoms with E-state index in [-0.39, 0.29) is 11.6 Å². The van der Waals surface area contributed by atoms with Gasteiger partial charge in [0.05, 0.1) is 41.3 Å². The van der Waals surface area contributed by atoms with E-state index in [0.717, 1.165) is 84.0 Å². The maximum atomic E-state index is 14.3. The maximum absolute atomic E-state index is 14.3. The van der Waals surface area contributed by atoms with E-state index in [4.69, 9.17) is 31.1 Å². The summed E-state index contributed by atoms with van der Waals surface area (Å²) in [6, 6.07) is 29.8. The van der Waals surface area contributed by atoms with Gasteiger partial charge >= 0.3 is 5.97 Å². The molecule has 4 aromatic carbocycles. The molecule has 1 aliphatic carbocycles. The molecule has 4 aliphatic heterocycles. The highest BCUT2D eigenvalue weighted by Gasteiger charge is 2.89. The summed E-state index contributed by atoms with van der Waals surface area (Å²) in [5, 5.41) is 0. The fourth-order valence-corrected chi connectivity index (χ4v) is 10.8. The molecule has 4 atom stereocenters. The summed E-state index contributed by atoms with van der Waals surface area (Å²) >= 11 is 0. The van der Waals surface area contributed by atoms with Crippen molar-refractivity contribution >= 4 is 17.3 Å². The molecule has 4 unspecified atom stereocenters.